The third kappa shape index (κ3) is 1.34. The Labute approximate surface area is 98.0 Å². The van der Waals surface area contributed by atoms with E-state index in [0.717, 1.165) is 18.5 Å². The van der Waals surface area contributed by atoms with Crippen molar-refractivity contribution in [3.63, 3.8) is 0 Å². The van der Waals surface area contributed by atoms with Crippen LogP contribution < -0.4 is 4.57 Å². The molecule has 1 aromatic carbocycles. The Morgan fingerprint density at radius 3 is 2.65 bits per heavy atom. The lowest BCUT2D eigenvalue weighted by Gasteiger charge is -2.16. The number of fused-ring (bicyclic) bond motifs is 3. The number of aryl methyl sites for hydroxylation is 2. The van der Waals surface area contributed by atoms with Gasteiger partial charge >= 0.3 is 0 Å². The van der Waals surface area contributed by atoms with Crippen LogP contribution in [0.3, 0.4) is 0 Å². The van der Waals surface area contributed by atoms with Crippen LogP contribution in [0.15, 0.2) is 30.5 Å². The van der Waals surface area contributed by atoms with Gasteiger partial charge in [-0.2, -0.15) is 4.57 Å². The van der Waals surface area contributed by atoms with Crippen LogP contribution in [0.2, 0.25) is 0 Å². The summed E-state index contributed by atoms with van der Waals surface area (Å²) >= 11 is 0. The lowest BCUT2D eigenvalue weighted by molar-refractivity contribution is -0.687. The summed E-state index contributed by atoms with van der Waals surface area (Å²) in [6.45, 7) is 0.751. The van der Waals surface area contributed by atoms with E-state index < -0.39 is 0 Å². The number of hydrogen-bond donors (Lipinski definition) is 3. The second-order valence-electron chi connectivity index (χ2n) is 4.15. The normalized spacial score (nSPS) is 12.9. The highest BCUT2D eigenvalue weighted by molar-refractivity contribution is 5.76. The van der Waals surface area contributed by atoms with E-state index in [9.17, 15) is 15.3 Å². The van der Waals surface area contributed by atoms with E-state index in [2.05, 4.69) is 0 Å². The number of phenols is 2. The van der Waals surface area contributed by atoms with Crippen molar-refractivity contribution in [2.45, 2.75) is 13.0 Å². The van der Waals surface area contributed by atoms with Crippen LogP contribution >= 0.6 is 0 Å². The number of pyridine rings is 1. The third-order valence-corrected chi connectivity index (χ3v) is 3.15. The summed E-state index contributed by atoms with van der Waals surface area (Å²) in [6.07, 6.45) is 2.62. The van der Waals surface area contributed by atoms with E-state index in [4.69, 9.17) is 0 Å². The maximum Gasteiger partial charge on any atom is 0.258 e. The Bertz CT molecular complexity index is 608. The van der Waals surface area contributed by atoms with Gasteiger partial charge in [0.1, 0.15) is 0 Å². The monoisotopic (exact) mass is 230 g/mol. The zero-order chi connectivity index (χ0) is 12.0. The quantitative estimate of drug-likeness (QED) is 0.472. The first-order valence-electron chi connectivity index (χ1n) is 5.44. The predicted molar refractivity (Wildman–Crippen MR) is 60.8 cm³/mol. The first-order chi connectivity index (χ1) is 8.18. The van der Waals surface area contributed by atoms with Crippen molar-refractivity contribution in [3.8, 4) is 28.5 Å². The van der Waals surface area contributed by atoms with E-state index in [-0.39, 0.29) is 17.2 Å². The Balaban J connectivity index is 2.39. The summed E-state index contributed by atoms with van der Waals surface area (Å²) in [4.78, 5) is 0. The molecule has 4 nitrogen and oxygen atoms in total. The zero-order valence-electron chi connectivity index (χ0n) is 9.09. The second kappa shape index (κ2) is 3.38. The van der Waals surface area contributed by atoms with Crippen molar-refractivity contribution in [1.82, 2.24) is 0 Å². The van der Waals surface area contributed by atoms with E-state index >= 15 is 0 Å². The molecule has 0 saturated heterocycles. The summed E-state index contributed by atoms with van der Waals surface area (Å²) in [5.41, 5.74) is 2.01. The number of phenolic OH excluding ortho intramolecular Hbond substituents is 2. The van der Waals surface area contributed by atoms with Crippen molar-refractivity contribution < 1.29 is 19.9 Å². The van der Waals surface area contributed by atoms with Gasteiger partial charge in [0.25, 0.3) is 5.69 Å². The standard InChI is InChI=1S/C13H11NO3/c15-9-2-1-6-14-7-5-8-3-4-10(16)13(17)11(8)12(9)14/h1-4,6,15-16H,5,7H2/p+1. The third-order valence-electron chi connectivity index (χ3n) is 3.15. The molecule has 0 radical (unpaired) electrons. The van der Waals surface area contributed by atoms with Gasteiger partial charge in [0.15, 0.2) is 30.0 Å². The minimum absolute atomic E-state index is 0.106. The van der Waals surface area contributed by atoms with Gasteiger partial charge in [-0.05, 0) is 17.7 Å². The van der Waals surface area contributed by atoms with E-state index in [0.29, 0.717) is 11.3 Å². The average Bonchev–Trinajstić information content (AvgIpc) is 2.34. The van der Waals surface area contributed by atoms with Gasteiger partial charge in [0.05, 0.1) is 5.56 Å². The molecule has 3 N–H and O–H groups in total. The lowest BCUT2D eigenvalue weighted by atomic mass is 9.95. The molecule has 0 spiro atoms. The minimum Gasteiger partial charge on any atom is -0.504 e. The first kappa shape index (κ1) is 9.96. The number of aromatic hydroxyl groups is 3. The minimum atomic E-state index is -0.169. The maximum atomic E-state index is 9.94. The van der Waals surface area contributed by atoms with Gasteiger partial charge in [-0.3, -0.25) is 0 Å². The fourth-order valence-electron chi connectivity index (χ4n) is 2.33. The largest absolute Gasteiger partial charge is 0.504 e. The molecule has 0 bridgehead atoms. The van der Waals surface area contributed by atoms with Gasteiger partial charge in [0, 0.05) is 12.5 Å². The predicted octanol–water partition coefficient (Wildman–Crippen LogP) is 1.31. The summed E-state index contributed by atoms with van der Waals surface area (Å²) in [6, 6.07) is 6.58. The number of nitrogens with zero attached hydrogens (tertiary/aromatic N) is 1. The molecular weight excluding hydrogens is 218 g/mol. The molecule has 2 heterocycles. The van der Waals surface area contributed by atoms with Crippen LogP contribution in [0.5, 0.6) is 17.2 Å². The topological polar surface area (TPSA) is 64.6 Å². The molecule has 3 rings (SSSR count). The Kier molecular flexibility index (Phi) is 1.98. The van der Waals surface area contributed by atoms with Gasteiger partial charge in [0.2, 0.25) is 0 Å². The molecule has 2 aromatic rings. The van der Waals surface area contributed by atoms with Gasteiger partial charge < -0.3 is 15.3 Å². The molecule has 0 saturated carbocycles. The molecule has 86 valence electrons. The van der Waals surface area contributed by atoms with Gasteiger partial charge in [-0.25, -0.2) is 0 Å². The second-order valence-corrected chi connectivity index (χ2v) is 4.15. The average molecular weight is 230 g/mol. The molecule has 17 heavy (non-hydrogen) atoms. The van der Waals surface area contributed by atoms with Crippen LogP contribution in [0.1, 0.15) is 5.56 Å². The first-order valence-corrected chi connectivity index (χ1v) is 5.44. The summed E-state index contributed by atoms with van der Waals surface area (Å²) in [7, 11) is 0. The summed E-state index contributed by atoms with van der Waals surface area (Å²) in [5, 5.41) is 29.4. The molecule has 0 fully saturated rings. The molecule has 1 aliphatic rings. The van der Waals surface area contributed by atoms with Crippen molar-refractivity contribution in [2.24, 2.45) is 0 Å². The highest BCUT2D eigenvalue weighted by Gasteiger charge is 2.30. The fourth-order valence-corrected chi connectivity index (χ4v) is 2.33. The fraction of sp³-hybridized carbons (Fsp3) is 0.154. The molecule has 0 amide bonds. The Morgan fingerprint density at radius 1 is 1.00 bits per heavy atom. The van der Waals surface area contributed by atoms with Gasteiger partial charge in [-0.1, -0.05) is 6.07 Å². The maximum absolute atomic E-state index is 9.94. The molecule has 1 aliphatic heterocycles. The van der Waals surface area contributed by atoms with Crippen molar-refractivity contribution in [3.05, 3.63) is 36.0 Å². The summed E-state index contributed by atoms with van der Waals surface area (Å²) in [5.74, 6) is -0.229. The number of benzene rings is 1. The number of rotatable bonds is 0. The SMILES string of the molecule is Oc1ccc2c(c1O)-c1c(O)ccc[n+]1CC2. The van der Waals surface area contributed by atoms with E-state index in [1.165, 1.54) is 6.07 Å². The molecule has 4 heteroatoms. The smallest absolute Gasteiger partial charge is 0.258 e. The van der Waals surface area contributed by atoms with Crippen molar-refractivity contribution in [2.75, 3.05) is 0 Å². The molecular formula is C13H12NO3+. The Hall–Kier alpha value is -2.23. The Morgan fingerprint density at radius 2 is 1.82 bits per heavy atom. The molecule has 0 atom stereocenters. The van der Waals surface area contributed by atoms with Crippen LogP contribution in [-0.2, 0) is 13.0 Å². The molecule has 0 aliphatic carbocycles. The molecule has 1 aromatic heterocycles. The van der Waals surface area contributed by atoms with Crippen LogP contribution in [0, 0.1) is 0 Å². The highest BCUT2D eigenvalue weighted by Crippen LogP contribution is 2.42. The number of aromatic nitrogens is 1. The molecule has 0 unspecified atom stereocenters. The highest BCUT2D eigenvalue weighted by atomic mass is 16.3. The van der Waals surface area contributed by atoms with E-state index in [1.54, 1.807) is 18.2 Å². The van der Waals surface area contributed by atoms with Crippen LogP contribution in [0.25, 0.3) is 11.3 Å². The number of hydrogen-bond acceptors (Lipinski definition) is 3. The van der Waals surface area contributed by atoms with Crippen LogP contribution in [0.4, 0.5) is 0 Å². The van der Waals surface area contributed by atoms with Gasteiger partial charge in [-0.15, -0.1) is 0 Å². The van der Waals surface area contributed by atoms with E-state index in [1.807, 2.05) is 10.8 Å². The lowest BCUT2D eigenvalue weighted by Crippen LogP contribution is -2.39. The van der Waals surface area contributed by atoms with Crippen molar-refractivity contribution in [1.29, 1.82) is 0 Å². The zero-order valence-corrected chi connectivity index (χ0v) is 9.09. The van der Waals surface area contributed by atoms with Crippen LogP contribution in [-0.4, -0.2) is 15.3 Å². The summed E-state index contributed by atoms with van der Waals surface area (Å²) < 4.78 is 1.87. The van der Waals surface area contributed by atoms with Crippen molar-refractivity contribution >= 4 is 0 Å².